The molecule has 0 aliphatic carbocycles. The Hall–Kier alpha value is -4.20. The summed E-state index contributed by atoms with van der Waals surface area (Å²) >= 11 is 0. The largest absolute Gasteiger partial charge is 0.465 e. The molecule has 0 saturated heterocycles. The lowest BCUT2D eigenvalue weighted by molar-refractivity contribution is -0.111. The number of nitrogens with zero attached hydrogens (tertiary/aromatic N) is 4. The zero-order valence-corrected chi connectivity index (χ0v) is 14.6. The quantitative estimate of drug-likeness (QED) is 0.518. The number of nitrogens with one attached hydrogen (secondary N) is 1. The summed E-state index contributed by atoms with van der Waals surface area (Å²) in [5.41, 5.74) is 0.642. The van der Waals surface area contributed by atoms with Crippen molar-refractivity contribution in [2.24, 2.45) is 0 Å². The maximum absolute atomic E-state index is 11.9. The number of carbonyl (C=O) groups is 1. The molecule has 0 aliphatic heterocycles. The lowest BCUT2D eigenvalue weighted by atomic mass is 10.3. The van der Waals surface area contributed by atoms with Gasteiger partial charge in [-0.05, 0) is 42.5 Å². The van der Waals surface area contributed by atoms with Crippen molar-refractivity contribution in [3.8, 4) is 17.4 Å². The number of benzene rings is 1. The second-order valence-electron chi connectivity index (χ2n) is 5.65. The van der Waals surface area contributed by atoms with Crippen molar-refractivity contribution in [3.63, 3.8) is 0 Å². The molecule has 3 aromatic heterocycles. The molecule has 0 fully saturated rings. The first-order valence-electron chi connectivity index (χ1n) is 8.37. The highest BCUT2D eigenvalue weighted by atomic mass is 16.5. The van der Waals surface area contributed by atoms with E-state index in [1.807, 2.05) is 0 Å². The predicted octanol–water partition coefficient (Wildman–Crippen LogP) is 3.70. The molecule has 4 aromatic rings. The molecular weight excluding hydrogens is 358 g/mol. The Balaban J connectivity index is 1.38. The fourth-order valence-corrected chi connectivity index (χ4v) is 2.38. The molecule has 0 saturated carbocycles. The monoisotopic (exact) mass is 373 g/mol. The number of aromatic nitrogens is 4. The van der Waals surface area contributed by atoms with Crippen LogP contribution in [0.3, 0.4) is 0 Å². The minimum atomic E-state index is -0.258. The van der Waals surface area contributed by atoms with E-state index in [1.54, 1.807) is 78.1 Å². The molecule has 8 heteroatoms. The second kappa shape index (κ2) is 8.00. The van der Waals surface area contributed by atoms with Crippen LogP contribution in [0.4, 0.5) is 5.69 Å². The molecule has 28 heavy (non-hydrogen) atoms. The summed E-state index contributed by atoms with van der Waals surface area (Å²) in [5.74, 6) is 1.98. The van der Waals surface area contributed by atoms with Crippen LogP contribution in [0.15, 0.2) is 84.3 Å². The van der Waals surface area contributed by atoms with Gasteiger partial charge in [-0.3, -0.25) is 9.36 Å². The Kier molecular flexibility index (Phi) is 4.92. The lowest BCUT2D eigenvalue weighted by Gasteiger charge is -2.07. The molecule has 0 aliphatic rings. The summed E-state index contributed by atoms with van der Waals surface area (Å²) in [6.45, 7) is 0. The highest BCUT2D eigenvalue weighted by Gasteiger charge is 2.04. The first-order chi connectivity index (χ1) is 13.8. The van der Waals surface area contributed by atoms with E-state index in [0.717, 1.165) is 0 Å². The van der Waals surface area contributed by atoms with Gasteiger partial charge in [-0.1, -0.05) is 0 Å². The normalized spacial score (nSPS) is 10.9. The van der Waals surface area contributed by atoms with E-state index < -0.39 is 0 Å². The van der Waals surface area contributed by atoms with Gasteiger partial charge in [0.25, 0.3) is 0 Å². The van der Waals surface area contributed by atoms with Crippen LogP contribution in [0.2, 0.25) is 0 Å². The van der Waals surface area contributed by atoms with Gasteiger partial charge in [-0.15, -0.1) is 0 Å². The molecule has 1 amide bonds. The number of amides is 1. The zero-order valence-electron chi connectivity index (χ0n) is 14.6. The highest BCUT2D eigenvalue weighted by molar-refractivity contribution is 6.01. The van der Waals surface area contributed by atoms with Gasteiger partial charge >= 0.3 is 0 Å². The first-order valence-corrected chi connectivity index (χ1v) is 8.37. The fraction of sp³-hybridized carbons (Fsp3) is 0. The number of furan rings is 1. The molecule has 8 nitrogen and oxygen atoms in total. The van der Waals surface area contributed by atoms with Gasteiger partial charge in [0.2, 0.25) is 11.8 Å². The molecule has 138 valence electrons. The Morgan fingerprint density at radius 3 is 2.82 bits per heavy atom. The standard InChI is InChI=1S/C20H15N5O3/c26-19(8-7-16-2-1-11-27-16)24-15-3-5-17(6-4-15)28-20-12-18(22-13-23-20)25-10-9-21-14-25/h1-14H,(H,24,26)/b8-7+. The van der Waals surface area contributed by atoms with E-state index in [-0.39, 0.29) is 5.91 Å². The van der Waals surface area contributed by atoms with Crippen molar-refractivity contribution in [1.29, 1.82) is 0 Å². The van der Waals surface area contributed by atoms with Crippen molar-refractivity contribution in [1.82, 2.24) is 19.5 Å². The van der Waals surface area contributed by atoms with E-state index >= 15 is 0 Å². The molecule has 4 rings (SSSR count). The third kappa shape index (κ3) is 4.31. The summed E-state index contributed by atoms with van der Waals surface area (Å²) in [5, 5.41) is 2.76. The summed E-state index contributed by atoms with van der Waals surface area (Å²) in [6.07, 6.45) is 11.1. The van der Waals surface area contributed by atoms with E-state index in [2.05, 4.69) is 20.3 Å². The van der Waals surface area contributed by atoms with Crippen molar-refractivity contribution in [3.05, 3.63) is 85.6 Å². The van der Waals surface area contributed by atoms with Crippen LogP contribution in [0.1, 0.15) is 5.76 Å². The number of ether oxygens (including phenoxy) is 1. The van der Waals surface area contributed by atoms with E-state index in [0.29, 0.717) is 28.9 Å². The Morgan fingerprint density at radius 2 is 2.07 bits per heavy atom. The van der Waals surface area contributed by atoms with Gasteiger partial charge in [-0.25, -0.2) is 15.0 Å². The van der Waals surface area contributed by atoms with Crippen LogP contribution in [0.25, 0.3) is 11.9 Å². The highest BCUT2D eigenvalue weighted by Crippen LogP contribution is 2.22. The van der Waals surface area contributed by atoms with Gasteiger partial charge in [-0.2, -0.15) is 0 Å². The molecule has 0 radical (unpaired) electrons. The summed E-state index contributed by atoms with van der Waals surface area (Å²) in [6, 6.07) is 12.2. The number of imidazole rings is 1. The smallest absolute Gasteiger partial charge is 0.248 e. The molecular formula is C20H15N5O3. The lowest BCUT2D eigenvalue weighted by Crippen LogP contribution is -2.07. The number of hydrogen-bond donors (Lipinski definition) is 1. The van der Waals surface area contributed by atoms with Crippen LogP contribution in [0, 0.1) is 0 Å². The average Bonchev–Trinajstić information content (AvgIpc) is 3.42. The van der Waals surface area contributed by atoms with Crippen molar-refractivity contribution < 1.29 is 13.9 Å². The van der Waals surface area contributed by atoms with E-state index in [1.165, 1.54) is 12.4 Å². The van der Waals surface area contributed by atoms with Gasteiger partial charge in [0.05, 0.1) is 6.26 Å². The Labute approximate surface area is 160 Å². The first kappa shape index (κ1) is 17.2. The summed E-state index contributed by atoms with van der Waals surface area (Å²) in [7, 11) is 0. The van der Waals surface area contributed by atoms with Crippen molar-refractivity contribution in [2.45, 2.75) is 0 Å². The number of hydrogen-bond acceptors (Lipinski definition) is 6. The fourth-order valence-electron chi connectivity index (χ4n) is 2.38. The van der Waals surface area contributed by atoms with Crippen LogP contribution >= 0.6 is 0 Å². The Bertz CT molecular complexity index is 1070. The average molecular weight is 373 g/mol. The topological polar surface area (TPSA) is 95.1 Å². The van der Waals surface area contributed by atoms with Gasteiger partial charge in [0.15, 0.2) is 0 Å². The zero-order chi connectivity index (χ0) is 19.2. The molecule has 1 N–H and O–H groups in total. The van der Waals surface area contributed by atoms with E-state index in [4.69, 9.17) is 9.15 Å². The molecule has 1 aromatic carbocycles. The molecule has 3 heterocycles. The molecule has 0 bridgehead atoms. The number of rotatable bonds is 6. The van der Waals surface area contributed by atoms with Gasteiger partial charge < -0.3 is 14.5 Å². The van der Waals surface area contributed by atoms with Gasteiger partial charge in [0.1, 0.15) is 30.0 Å². The van der Waals surface area contributed by atoms with Crippen molar-refractivity contribution in [2.75, 3.05) is 5.32 Å². The second-order valence-corrected chi connectivity index (χ2v) is 5.65. The predicted molar refractivity (Wildman–Crippen MR) is 102 cm³/mol. The maximum Gasteiger partial charge on any atom is 0.248 e. The molecule has 0 unspecified atom stereocenters. The summed E-state index contributed by atoms with van der Waals surface area (Å²) < 4.78 is 12.6. The van der Waals surface area contributed by atoms with Crippen LogP contribution < -0.4 is 10.1 Å². The number of anilines is 1. The summed E-state index contributed by atoms with van der Waals surface area (Å²) in [4.78, 5) is 24.2. The number of carbonyl (C=O) groups excluding carboxylic acids is 1. The van der Waals surface area contributed by atoms with Crippen LogP contribution in [-0.4, -0.2) is 25.4 Å². The molecule has 0 atom stereocenters. The Morgan fingerprint density at radius 1 is 1.18 bits per heavy atom. The van der Waals surface area contributed by atoms with Crippen LogP contribution in [-0.2, 0) is 4.79 Å². The maximum atomic E-state index is 11.9. The third-order valence-corrected chi connectivity index (χ3v) is 3.68. The minimum absolute atomic E-state index is 0.258. The third-order valence-electron chi connectivity index (χ3n) is 3.68. The molecule has 0 spiro atoms. The van der Waals surface area contributed by atoms with Crippen LogP contribution in [0.5, 0.6) is 11.6 Å². The van der Waals surface area contributed by atoms with Gasteiger partial charge in [0, 0.05) is 30.2 Å². The van der Waals surface area contributed by atoms with E-state index in [9.17, 15) is 4.79 Å². The van der Waals surface area contributed by atoms with Crippen molar-refractivity contribution >= 4 is 17.7 Å². The minimum Gasteiger partial charge on any atom is -0.465 e. The SMILES string of the molecule is O=C(/C=C/c1ccco1)Nc1ccc(Oc2cc(-n3ccnc3)ncn2)cc1.